The van der Waals surface area contributed by atoms with E-state index in [2.05, 4.69) is 10.3 Å². The molecule has 27 heavy (non-hydrogen) atoms. The summed E-state index contributed by atoms with van der Waals surface area (Å²) in [7, 11) is 0. The molecule has 0 radical (unpaired) electrons. The van der Waals surface area contributed by atoms with E-state index in [1.54, 1.807) is 24.4 Å². The van der Waals surface area contributed by atoms with Gasteiger partial charge >= 0.3 is 0 Å². The smallest absolute Gasteiger partial charge is 0.258 e. The van der Waals surface area contributed by atoms with Crippen molar-refractivity contribution in [1.82, 2.24) is 10.3 Å². The fourth-order valence-corrected chi connectivity index (χ4v) is 2.94. The minimum atomic E-state index is -0.543. The zero-order valence-corrected chi connectivity index (χ0v) is 15.0. The third-order valence-electron chi connectivity index (χ3n) is 4.37. The Morgan fingerprint density at radius 2 is 2.00 bits per heavy atom. The van der Waals surface area contributed by atoms with E-state index in [1.165, 1.54) is 18.9 Å². The average Bonchev–Trinajstić information content (AvgIpc) is 3.18. The maximum absolute atomic E-state index is 12.0. The van der Waals surface area contributed by atoms with Gasteiger partial charge in [0, 0.05) is 24.4 Å². The minimum absolute atomic E-state index is 0.154. The fourth-order valence-electron chi connectivity index (χ4n) is 2.94. The first-order chi connectivity index (χ1) is 13.1. The standard InChI is InChI=1S/C20H23N3O4/c21-20(25)15-4-3-7-17(11-15)26-13-18(24)23-12-14-8-9-22-19(10-14)27-16-5-1-2-6-16/h3-4,7-11,16H,1-2,5-6,12-13H2,(H2,21,25)(H,23,24). The van der Waals surface area contributed by atoms with E-state index >= 15 is 0 Å². The van der Waals surface area contributed by atoms with Crippen LogP contribution in [0.5, 0.6) is 11.6 Å². The quantitative estimate of drug-likeness (QED) is 0.742. The number of carbonyl (C=O) groups is 2. The van der Waals surface area contributed by atoms with Crippen LogP contribution in [0.3, 0.4) is 0 Å². The van der Waals surface area contributed by atoms with Gasteiger partial charge in [0.15, 0.2) is 6.61 Å². The number of carbonyl (C=O) groups excluding carboxylic acids is 2. The predicted molar refractivity (Wildman–Crippen MR) is 99.4 cm³/mol. The Kier molecular flexibility index (Phi) is 6.25. The van der Waals surface area contributed by atoms with Crippen LogP contribution in [0.15, 0.2) is 42.6 Å². The number of aromatic nitrogens is 1. The largest absolute Gasteiger partial charge is 0.484 e. The zero-order valence-electron chi connectivity index (χ0n) is 15.0. The SMILES string of the molecule is NC(=O)c1cccc(OCC(=O)NCc2ccnc(OC3CCCC3)c2)c1. The molecule has 1 fully saturated rings. The number of pyridine rings is 1. The molecule has 142 valence electrons. The number of nitrogens with two attached hydrogens (primary N) is 1. The van der Waals surface area contributed by atoms with E-state index in [0.29, 0.717) is 23.7 Å². The van der Waals surface area contributed by atoms with Crippen LogP contribution in [0.2, 0.25) is 0 Å². The highest BCUT2D eigenvalue weighted by molar-refractivity contribution is 5.93. The van der Waals surface area contributed by atoms with Crippen LogP contribution >= 0.6 is 0 Å². The molecule has 1 aromatic carbocycles. The molecule has 1 heterocycles. The van der Waals surface area contributed by atoms with Gasteiger partial charge in [-0.05, 0) is 55.5 Å². The third kappa shape index (κ3) is 5.70. The molecule has 2 aromatic rings. The summed E-state index contributed by atoms with van der Waals surface area (Å²) in [6, 6.07) is 10.1. The van der Waals surface area contributed by atoms with Gasteiger partial charge in [0.1, 0.15) is 11.9 Å². The Hall–Kier alpha value is -3.09. The van der Waals surface area contributed by atoms with Crippen LogP contribution in [-0.2, 0) is 11.3 Å². The molecule has 1 aliphatic carbocycles. The zero-order chi connectivity index (χ0) is 19.1. The van der Waals surface area contributed by atoms with E-state index in [9.17, 15) is 9.59 Å². The van der Waals surface area contributed by atoms with Crippen molar-refractivity contribution in [2.75, 3.05) is 6.61 Å². The summed E-state index contributed by atoms with van der Waals surface area (Å²) in [6.45, 7) is 0.200. The number of rotatable bonds is 8. The summed E-state index contributed by atoms with van der Waals surface area (Å²) >= 11 is 0. The molecule has 0 saturated heterocycles. The molecular weight excluding hydrogens is 346 g/mol. The first kappa shape index (κ1) is 18.7. The highest BCUT2D eigenvalue weighted by Crippen LogP contribution is 2.23. The molecule has 0 unspecified atom stereocenters. The van der Waals surface area contributed by atoms with Crippen LogP contribution in [0, 0.1) is 0 Å². The Balaban J connectivity index is 1.46. The number of primary amides is 1. The lowest BCUT2D eigenvalue weighted by Gasteiger charge is -2.13. The molecule has 1 saturated carbocycles. The highest BCUT2D eigenvalue weighted by atomic mass is 16.5. The summed E-state index contributed by atoms with van der Waals surface area (Å²) in [6.07, 6.45) is 6.45. The molecule has 3 rings (SSSR count). The molecule has 7 nitrogen and oxygen atoms in total. The monoisotopic (exact) mass is 369 g/mol. The van der Waals surface area contributed by atoms with Gasteiger partial charge in [-0.25, -0.2) is 4.98 Å². The number of nitrogens with one attached hydrogen (secondary N) is 1. The second-order valence-corrected chi connectivity index (χ2v) is 6.48. The molecule has 0 atom stereocenters. The Labute approximate surface area is 157 Å². The van der Waals surface area contributed by atoms with Crippen LogP contribution in [0.1, 0.15) is 41.6 Å². The second kappa shape index (κ2) is 9.02. The number of nitrogens with zero attached hydrogens (tertiary/aromatic N) is 1. The van der Waals surface area contributed by atoms with Crippen molar-refractivity contribution in [3.05, 3.63) is 53.7 Å². The van der Waals surface area contributed by atoms with Crippen LogP contribution < -0.4 is 20.5 Å². The predicted octanol–water partition coefficient (Wildman–Crippen LogP) is 2.20. The van der Waals surface area contributed by atoms with E-state index in [-0.39, 0.29) is 18.6 Å². The van der Waals surface area contributed by atoms with Crippen molar-refractivity contribution in [2.24, 2.45) is 5.73 Å². The van der Waals surface area contributed by atoms with Crippen molar-refractivity contribution < 1.29 is 19.1 Å². The molecule has 3 N–H and O–H groups in total. The van der Waals surface area contributed by atoms with Gasteiger partial charge in [-0.15, -0.1) is 0 Å². The van der Waals surface area contributed by atoms with Crippen molar-refractivity contribution >= 4 is 11.8 Å². The first-order valence-corrected chi connectivity index (χ1v) is 9.01. The first-order valence-electron chi connectivity index (χ1n) is 9.01. The number of amides is 2. The number of hydrogen-bond donors (Lipinski definition) is 2. The summed E-state index contributed by atoms with van der Waals surface area (Å²) < 4.78 is 11.3. The van der Waals surface area contributed by atoms with Gasteiger partial charge in [-0.1, -0.05) is 6.07 Å². The van der Waals surface area contributed by atoms with Crippen molar-refractivity contribution in [2.45, 2.75) is 38.3 Å². The lowest BCUT2D eigenvalue weighted by Crippen LogP contribution is -2.28. The molecule has 2 amide bonds. The van der Waals surface area contributed by atoms with E-state index in [0.717, 1.165) is 18.4 Å². The van der Waals surface area contributed by atoms with Gasteiger partial charge in [-0.2, -0.15) is 0 Å². The fraction of sp³-hybridized carbons (Fsp3) is 0.350. The van der Waals surface area contributed by atoms with Gasteiger partial charge in [0.25, 0.3) is 5.91 Å². The summed E-state index contributed by atoms with van der Waals surface area (Å²) in [5, 5.41) is 2.79. The third-order valence-corrected chi connectivity index (χ3v) is 4.37. The highest BCUT2D eigenvalue weighted by Gasteiger charge is 2.17. The number of ether oxygens (including phenoxy) is 2. The van der Waals surface area contributed by atoms with E-state index < -0.39 is 5.91 Å². The molecule has 0 bridgehead atoms. The lowest BCUT2D eigenvalue weighted by molar-refractivity contribution is -0.123. The van der Waals surface area contributed by atoms with E-state index in [1.807, 2.05) is 12.1 Å². The van der Waals surface area contributed by atoms with Gasteiger partial charge in [0.05, 0.1) is 0 Å². The molecule has 1 aliphatic rings. The Morgan fingerprint density at radius 1 is 1.19 bits per heavy atom. The molecule has 0 aliphatic heterocycles. The van der Waals surface area contributed by atoms with Gasteiger partial charge in [0.2, 0.25) is 11.8 Å². The summed E-state index contributed by atoms with van der Waals surface area (Å²) in [4.78, 5) is 27.4. The lowest BCUT2D eigenvalue weighted by atomic mass is 10.2. The van der Waals surface area contributed by atoms with E-state index in [4.69, 9.17) is 15.2 Å². The normalized spacial score (nSPS) is 13.9. The van der Waals surface area contributed by atoms with Crippen LogP contribution in [-0.4, -0.2) is 29.5 Å². The van der Waals surface area contributed by atoms with Gasteiger partial charge < -0.3 is 20.5 Å². The Bertz CT molecular complexity index is 803. The van der Waals surface area contributed by atoms with Crippen molar-refractivity contribution in [3.8, 4) is 11.6 Å². The molecule has 7 heteroatoms. The molecule has 1 aromatic heterocycles. The topological polar surface area (TPSA) is 104 Å². The molecule has 0 spiro atoms. The van der Waals surface area contributed by atoms with Crippen LogP contribution in [0.25, 0.3) is 0 Å². The Morgan fingerprint density at radius 3 is 2.78 bits per heavy atom. The second-order valence-electron chi connectivity index (χ2n) is 6.48. The maximum Gasteiger partial charge on any atom is 0.258 e. The maximum atomic E-state index is 12.0. The summed E-state index contributed by atoms with van der Waals surface area (Å²) in [5.74, 6) is 0.193. The molecular formula is C20H23N3O4. The van der Waals surface area contributed by atoms with Crippen LogP contribution in [0.4, 0.5) is 0 Å². The number of benzene rings is 1. The average molecular weight is 369 g/mol. The number of hydrogen-bond acceptors (Lipinski definition) is 5. The van der Waals surface area contributed by atoms with Gasteiger partial charge in [-0.3, -0.25) is 9.59 Å². The van der Waals surface area contributed by atoms with Crippen molar-refractivity contribution in [3.63, 3.8) is 0 Å². The minimum Gasteiger partial charge on any atom is -0.484 e. The summed E-state index contributed by atoms with van der Waals surface area (Å²) in [5.41, 5.74) is 6.46. The van der Waals surface area contributed by atoms with Crippen molar-refractivity contribution in [1.29, 1.82) is 0 Å².